The Morgan fingerprint density at radius 2 is 1.76 bits per heavy atom. The van der Waals surface area contributed by atoms with Gasteiger partial charge in [-0.3, -0.25) is 9.11 Å². The second kappa shape index (κ2) is 8.06. The summed E-state index contributed by atoms with van der Waals surface area (Å²) in [6.07, 6.45) is 0. The molecule has 1 aliphatic heterocycles. The fourth-order valence-electron chi connectivity index (χ4n) is 2.57. The zero-order valence-electron chi connectivity index (χ0n) is 13.5. The average Bonchev–Trinajstić information content (AvgIpc) is 2.48. The molecule has 1 atom stereocenters. The Morgan fingerprint density at radius 1 is 1.14 bits per heavy atom. The van der Waals surface area contributed by atoms with E-state index in [0.29, 0.717) is 12.0 Å². The highest BCUT2D eigenvalue weighted by Crippen LogP contribution is 2.16. The normalized spacial score (nSPS) is 19.0. The van der Waals surface area contributed by atoms with E-state index in [2.05, 4.69) is 55.3 Å². The average molecular weight is 308 g/mol. The molecule has 1 aliphatic rings. The van der Waals surface area contributed by atoms with Gasteiger partial charge in [0.15, 0.2) is 0 Å². The lowest BCUT2D eigenvalue weighted by Gasteiger charge is -2.26. The van der Waals surface area contributed by atoms with E-state index in [-0.39, 0.29) is 0 Å². The summed E-state index contributed by atoms with van der Waals surface area (Å²) in [7, 11) is -0.584. The van der Waals surface area contributed by atoms with E-state index in [1.54, 1.807) is 0 Å². The van der Waals surface area contributed by atoms with E-state index >= 15 is 0 Å². The SMILES string of the molecule is CC(C)NCC(C)c1ccc(CN2CCS(=O)CC2)cc1. The van der Waals surface area contributed by atoms with Gasteiger partial charge in [0.25, 0.3) is 0 Å². The van der Waals surface area contributed by atoms with Crippen LogP contribution in [0.25, 0.3) is 0 Å². The molecule has 0 aliphatic carbocycles. The van der Waals surface area contributed by atoms with Crippen LogP contribution in [0.15, 0.2) is 24.3 Å². The molecule has 1 unspecified atom stereocenters. The zero-order valence-corrected chi connectivity index (χ0v) is 14.3. The standard InChI is InChI=1S/C17H28N2OS/c1-14(2)18-12-15(3)17-6-4-16(5-7-17)13-19-8-10-21(20)11-9-19/h4-7,14-15,18H,8-13H2,1-3H3. The Bertz CT molecular complexity index is 448. The molecule has 118 valence electrons. The summed E-state index contributed by atoms with van der Waals surface area (Å²) in [5, 5.41) is 3.49. The fraction of sp³-hybridized carbons (Fsp3) is 0.647. The third kappa shape index (κ3) is 5.53. The molecule has 2 rings (SSSR count). The quantitative estimate of drug-likeness (QED) is 0.875. The molecule has 3 nitrogen and oxygen atoms in total. The minimum absolute atomic E-state index is 0.538. The van der Waals surface area contributed by atoms with E-state index in [1.165, 1.54) is 11.1 Å². The van der Waals surface area contributed by atoms with Crippen molar-refractivity contribution >= 4 is 10.8 Å². The van der Waals surface area contributed by atoms with Gasteiger partial charge in [-0.2, -0.15) is 0 Å². The van der Waals surface area contributed by atoms with Crippen LogP contribution in [0.2, 0.25) is 0 Å². The summed E-state index contributed by atoms with van der Waals surface area (Å²) >= 11 is 0. The fourth-order valence-corrected chi connectivity index (χ4v) is 3.70. The van der Waals surface area contributed by atoms with Crippen molar-refractivity contribution in [3.8, 4) is 0 Å². The molecular formula is C17H28N2OS. The van der Waals surface area contributed by atoms with Crippen LogP contribution in [-0.4, -0.2) is 46.3 Å². The van der Waals surface area contributed by atoms with Crippen molar-refractivity contribution in [3.05, 3.63) is 35.4 Å². The van der Waals surface area contributed by atoms with E-state index < -0.39 is 10.8 Å². The number of nitrogens with zero attached hydrogens (tertiary/aromatic N) is 1. The molecule has 1 N–H and O–H groups in total. The summed E-state index contributed by atoms with van der Waals surface area (Å²) < 4.78 is 11.4. The van der Waals surface area contributed by atoms with Gasteiger partial charge in [-0.1, -0.05) is 45.0 Å². The molecule has 1 fully saturated rings. The first-order valence-electron chi connectivity index (χ1n) is 7.94. The smallest absolute Gasteiger partial charge is 0.0363 e. The highest BCUT2D eigenvalue weighted by atomic mass is 32.2. The first-order chi connectivity index (χ1) is 10.0. The van der Waals surface area contributed by atoms with Gasteiger partial charge in [0.05, 0.1) is 0 Å². The Kier molecular flexibility index (Phi) is 6.40. The summed E-state index contributed by atoms with van der Waals surface area (Å²) in [5.41, 5.74) is 2.75. The van der Waals surface area contributed by atoms with Gasteiger partial charge in [0, 0.05) is 54.5 Å². The van der Waals surface area contributed by atoms with Gasteiger partial charge in [0.1, 0.15) is 0 Å². The molecule has 0 radical (unpaired) electrons. The molecule has 21 heavy (non-hydrogen) atoms. The van der Waals surface area contributed by atoms with E-state index in [9.17, 15) is 4.21 Å². The molecule has 1 aromatic rings. The number of hydrogen-bond acceptors (Lipinski definition) is 3. The molecule has 0 saturated carbocycles. The maximum Gasteiger partial charge on any atom is 0.0363 e. The lowest BCUT2D eigenvalue weighted by molar-refractivity contribution is 0.291. The molecule has 0 amide bonds. The van der Waals surface area contributed by atoms with Gasteiger partial charge in [0.2, 0.25) is 0 Å². The van der Waals surface area contributed by atoms with E-state index in [4.69, 9.17) is 0 Å². The van der Waals surface area contributed by atoms with Crippen LogP contribution in [-0.2, 0) is 17.3 Å². The number of rotatable bonds is 6. The summed E-state index contributed by atoms with van der Waals surface area (Å²) in [6, 6.07) is 9.53. The van der Waals surface area contributed by atoms with Crippen LogP contribution in [0.5, 0.6) is 0 Å². The van der Waals surface area contributed by atoms with Gasteiger partial charge < -0.3 is 5.32 Å². The molecule has 4 heteroatoms. The van der Waals surface area contributed by atoms with Crippen LogP contribution < -0.4 is 5.32 Å². The minimum Gasteiger partial charge on any atom is -0.314 e. The minimum atomic E-state index is -0.584. The Balaban J connectivity index is 1.85. The van der Waals surface area contributed by atoms with E-state index in [0.717, 1.165) is 37.7 Å². The van der Waals surface area contributed by atoms with Crippen molar-refractivity contribution in [2.24, 2.45) is 0 Å². The third-order valence-corrected chi connectivity index (χ3v) is 5.33. The molecule has 1 aromatic carbocycles. The molecule has 1 saturated heterocycles. The van der Waals surface area contributed by atoms with Crippen molar-refractivity contribution in [1.82, 2.24) is 10.2 Å². The Labute approximate surface area is 131 Å². The van der Waals surface area contributed by atoms with Crippen molar-refractivity contribution in [1.29, 1.82) is 0 Å². The topological polar surface area (TPSA) is 32.3 Å². The third-order valence-electron chi connectivity index (χ3n) is 4.06. The summed E-state index contributed by atoms with van der Waals surface area (Å²) in [4.78, 5) is 2.40. The van der Waals surface area contributed by atoms with Gasteiger partial charge >= 0.3 is 0 Å². The molecular weight excluding hydrogens is 280 g/mol. The molecule has 0 bridgehead atoms. The van der Waals surface area contributed by atoms with Crippen LogP contribution in [0.1, 0.15) is 37.8 Å². The molecule has 1 heterocycles. The Hall–Kier alpha value is -0.710. The van der Waals surface area contributed by atoms with Crippen molar-refractivity contribution in [2.45, 2.75) is 39.3 Å². The summed E-state index contributed by atoms with van der Waals surface area (Å²) in [5.74, 6) is 2.20. The van der Waals surface area contributed by atoms with Gasteiger partial charge in [-0.05, 0) is 17.0 Å². The first-order valence-corrected chi connectivity index (χ1v) is 9.43. The number of nitrogens with one attached hydrogen (secondary N) is 1. The van der Waals surface area contributed by atoms with Crippen LogP contribution in [0.4, 0.5) is 0 Å². The second-order valence-electron chi connectivity index (χ2n) is 6.33. The lowest BCUT2D eigenvalue weighted by atomic mass is 9.99. The molecule has 0 aromatic heterocycles. The first kappa shape index (κ1) is 16.7. The maximum atomic E-state index is 11.4. The lowest BCUT2D eigenvalue weighted by Crippen LogP contribution is -2.37. The summed E-state index contributed by atoms with van der Waals surface area (Å²) in [6.45, 7) is 10.6. The van der Waals surface area contributed by atoms with Crippen LogP contribution in [0, 0.1) is 0 Å². The predicted molar refractivity (Wildman–Crippen MR) is 91.1 cm³/mol. The highest BCUT2D eigenvalue weighted by Gasteiger charge is 2.15. The monoisotopic (exact) mass is 308 g/mol. The zero-order chi connectivity index (χ0) is 15.2. The van der Waals surface area contributed by atoms with Crippen molar-refractivity contribution in [3.63, 3.8) is 0 Å². The number of benzene rings is 1. The maximum absolute atomic E-state index is 11.4. The van der Waals surface area contributed by atoms with Crippen molar-refractivity contribution in [2.75, 3.05) is 31.1 Å². The molecule has 0 spiro atoms. The van der Waals surface area contributed by atoms with Gasteiger partial charge in [-0.15, -0.1) is 0 Å². The van der Waals surface area contributed by atoms with Crippen LogP contribution in [0.3, 0.4) is 0 Å². The predicted octanol–water partition coefficient (Wildman–Crippen LogP) is 2.35. The van der Waals surface area contributed by atoms with Gasteiger partial charge in [-0.25, -0.2) is 0 Å². The van der Waals surface area contributed by atoms with E-state index in [1.807, 2.05) is 0 Å². The number of hydrogen-bond donors (Lipinski definition) is 1. The van der Waals surface area contributed by atoms with Crippen molar-refractivity contribution < 1.29 is 4.21 Å². The Morgan fingerprint density at radius 3 is 2.33 bits per heavy atom. The largest absolute Gasteiger partial charge is 0.314 e. The second-order valence-corrected chi connectivity index (χ2v) is 8.03. The van der Waals surface area contributed by atoms with Crippen LogP contribution >= 0.6 is 0 Å². The highest BCUT2D eigenvalue weighted by molar-refractivity contribution is 7.85.